The molecule has 1 saturated carbocycles. The zero-order chi connectivity index (χ0) is 14.3. The van der Waals surface area contributed by atoms with Gasteiger partial charge in [-0.2, -0.15) is 0 Å². The maximum absolute atomic E-state index is 6.07. The van der Waals surface area contributed by atoms with Crippen molar-refractivity contribution in [2.75, 3.05) is 7.05 Å². The number of rotatable bonds is 3. The van der Waals surface area contributed by atoms with Gasteiger partial charge in [-0.15, -0.1) is 0 Å². The van der Waals surface area contributed by atoms with E-state index in [-0.39, 0.29) is 0 Å². The molecule has 0 atom stereocenters. The fraction of sp³-hybridized carbons (Fsp3) is 0.438. The van der Waals surface area contributed by atoms with Crippen molar-refractivity contribution in [3.63, 3.8) is 0 Å². The van der Waals surface area contributed by atoms with Crippen LogP contribution in [0.5, 0.6) is 0 Å². The van der Waals surface area contributed by atoms with Gasteiger partial charge in [-0.05, 0) is 31.4 Å². The van der Waals surface area contributed by atoms with E-state index in [9.17, 15) is 0 Å². The van der Waals surface area contributed by atoms with E-state index in [1.807, 2.05) is 7.05 Å². The molecule has 1 heterocycles. The molecule has 20 heavy (non-hydrogen) atoms. The lowest BCUT2D eigenvalue weighted by Crippen LogP contribution is -2.35. The Morgan fingerprint density at radius 1 is 1.40 bits per heavy atom. The van der Waals surface area contributed by atoms with Gasteiger partial charge in [0.25, 0.3) is 0 Å². The second-order valence-corrected chi connectivity index (χ2v) is 5.66. The van der Waals surface area contributed by atoms with E-state index < -0.39 is 0 Å². The largest absolute Gasteiger partial charge is 0.370 e. The van der Waals surface area contributed by atoms with Crippen LogP contribution in [0, 0.1) is 6.92 Å². The summed E-state index contributed by atoms with van der Waals surface area (Å²) >= 11 is 0. The number of aromatic nitrogens is 1. The molecule has 4 nitrogen and oxygen atoms in total. The van der Waals surface area contributed by atoms with Crippen molar-refractivity contribution in [3.05, 3.63) is 35.5 Å². The van der Waals surface area contributed by atoms with Crippen LogP contribution in [0.3, 0.4) is 0 Å². The predicted octanol–water partition coefficient (Wildman–Crippen LogP) is 2.40. The molecule has 0 unspecified atom stereocenters. The van der Waals surface area contributed by atoms with Gasteiger partial charge in [0.1, 0.15) is 0 Å². The second-order valence-electron chi connectivity index (χ2n) is 5.66. The summed E-state index contributed by atoms with van der Waals surface area (Å²) in [6.45, 7) is 2.80. The van der Waals surface area contributed by atoms with E-state index in [2.05, 4.69) is 52.7 Å². The van der Waals surface area contributed by atoms with Crippen molar-refractivity contribution in [2.24, 2.45) is 17.8 Å². The van der Waals surface area contributed by atoms with Gasteiger partial charge in [0.05, 0.1) is 6.54 Å². The van der Waals surface area contributed by atoms with E-state index in [1.54, 1.807) is 0 Å². The molecule has 1 aliphatic carbocycles. The molecule has 1 aliphatic rings. The number of benzene rings is 1. The quantitative estimate of drug-likeness (QED) is 0.687. The summed E-state index contributed by atoms with van der Waals surface area (Å²) in [5.74, 6) is 0.650. The van der Waals surface area contributed by atoms with E-state index >= 15 is 0 Å². The number of hydrogen-bond acceptors (Lipinski definition) is 1. The smallest absolute Gasteiger partial charge is 0.191 e. The molecule has 1 fully saturated rings. The molecule has 1 aromatic carbocycles. The molecular formula is C16H22N4. The van der Waals surface area contributed by atoms with Crippen LogP contribution in [0.25, 0.3) is 10.9 Å². The van der Waals surface area contributed by atoms with Gasteiger partial charge in [-0.1, -0.05) is 18.2 Å². The summed E-state index contributed by atoms with van der Waals surface area (Å²) in [5, 5.41) is 1.30. The van der Waals surface area contributed by atoms with Crippen molar-refractivity contribution in [2.45, 2.75) is 32.4 Å². The van der Waals surface area contributed by atoms with E-state index in [4.69, 9.17) is 5.73 Å². The molecule has 2 N–H and O–H groups in total. The van der Waals surface area contributed by atoms with Gasteiger partial charge < -0.3 is 15.2 Å². The van der Waals surface area contributed by atoms with E-state index in [0.29, 0.717) is 18.5 Å². The standard InChI is InChI=1S/C16H22N4/c1-11-13-6-4-5-7-14(13)20(3)15(11)10-18-16(17)19(2)12-8-9-12/h4-7,12H,8-10H2,1-3H3,(H2,17,18). The first-order chi connectivity index (χ1) is 9.59. The van der Waals surface area contributed by atoms with Crippen LogP contribution >= 0.6 is 0 Å². The molecule has 3 rings (SSSR count). The summed E-state index contributed by atoms with van der Waals surface area (Å²) in [6.07, 6.45) is 2.47. The van der Waals surface area contributed by atoms with Crippen LogP contribution in [0.2, 0.25) is 0 Å². The maximum atomic E-state index is 6.07. The highest BCUT2D eigenvalue weighted by Crippen LogP contribution is 2.26. The Morgan fingerprint density at radius 2 is 2.10 bits per heavy atom. The number of nitrogens with zero attached hydrogens (tertiary/aromatic N) is 3. The molecule has 0 spiro atoms. The Balaban J connectivity index is 1.89. The number of fused-ring (bicyclic) bond motifs is 1. The summed E-state index contributed by atoms with van der Waals surface area (Å²) < 4.78 is 2.22. The molecular weight excluding hydrogens is 248 g/mol. The molecule has 0 bridgehead atoms. The maximum Gasteiger partial charge on any atom is 0.191 e. The first-order valence-electron chi connectivity index (χ1n) is 7.15. The second kappa shape index (κ2) is 4.85. The van der Waals surface area contributed by atoms with Crippen LogP contribution in [-0.4, -0.2) is 28.5 Å². The SMILES string of the molecule is Cc1c(CN=C(N)N(C)C2CC2)n(C)c2ccccc12. The third-order valence-electron chi connectivity index (χ3n) is 4.35. The van der Waals surface area contributed by atoms with Crippen LogP contribution in [-0.2, 0) is 13.6 Å². The summed E-state index contributed by atoms with van der Waals surface area (Å²) in [6, 6.07) is 9.07. The fourth-order valence-electron chi connectivity index (χ4n) is 2.78. The normalized spacial score (nSPS) is 15.8. The van der Waals surface area contributed by atoms with Crippen molar-refractivity contribution in [3.8, 4) is 0 Å². The molecule has 0 saturated heterocycles. The number of para-hydroxylation sites is 1. The Bertz CT molecular complexity index is 625. The summed E-state index contributed by atoms with van der Waals surface area (Å²) in [5.41, 5.74) is 9.86. The first-order valence-corrected chi connectivity index (χ1v) is 7.15. The van der Waals surface area contributed by atoms with Crippen LogP contribution in [0.4, 0.5) is 0 Å². The fourth-order valence-corrected chi connectivity index (χ4v) is 2.78. The van der Waals surface area contributed by atoms with Crippen molar-refractivity contribution >= 4 is 16.9 Å². The highest BCUT2D eigenvalue weighted by atomic mass is 15.3. The highest BCUT2D eigenvalue weighted by molar-refractivity contribution is 5.85. The Labute approximate surface area is 119 Å². The molecule has 1 aromatic heterocycles. The van der Waals surface area contributed by atoms with Crippen LogP contribution in [0.15, 0.2) is 29.3 Å². The monoisotopic (exact) mass is 270 g/mol. The summed E-state index contributed by atoms with van der Waals surface area (Å²) in [7, 11) is 4.13. The van der Waals surface area contributed by atoms with Crippen molar-refractivity contribution < 1.29 is 0 Å². The van der Waals surface area contributed by atoms with Gasteiger partial charge in [0, 0.05) is 36.7 Å². The predicted molar refractivity (Wildman–Crippen MR) is 83.8 cm³/mol. The van der Waals surface area contributed by atoms with Gasteiger partial charge in [-0.3, -0.25) is 0 Å². The van der Waals surface area contributed by atoms with Gasteiger partial charge in [0.15, 0.2) is 5.96 Å². The minimum atomic E-state index is 0.604. The topological polar surface area (TPSA) is 46.5 Å². The first kappa shape index (κ1) is 13.0. The Kier molecular flexibility index (Phi) is 3.16. The molecule has 4 heteroatoms. The molecule has 0 amide bonds. The average molecular weight is 270 g/mol. The van der Waals surface area contributed by atoms with E-state index in [0.717, 1.165) is 0 Å². The number of guanidine groups is 1. The van der Waals surface area contributed by atoms with Gasteiger partial charge >= 0.3 is 0 Å². The minimum absolute atomic E-state index is 0.604. The third kappa shape index (κ3) is 2.15. The summed E-state index contributed by atoms with van der Waals surface area (Å²) in [4.78, 5) is 6.67. The molecule has 0 aliphatic heterocycles. The van der Waals surface area contributed by atoms with Gasteiger partial charge in [0.2, 0.25) is 0 Å². The van der Waals surface area contributed by atoms with E-state index in [1.165, 1.54) is 35.0 Å². The molecule has 2 aromatic rings. The van der Waals surface area contributed by atoms with Crippen LogP contribution in [0.1, 0.15) is 24.1 Å². The van der Waals surface area contributed by atoms with Gasteiger partial charge in [-0.25, -0.2) is 4.99 Å². The lowest BCUT2D eigenvalue weighted by molar-refractivity contribution is 0.487. The Hall–Kier alpha value is -1.97. The minimum Gasteiger partial charge on any atom is -0.370 e. The van der Waals surface area contributed by atoms with Crippen molar-refractivity contribution in [1.29, 1.82) is 0 Å². The third-order valence-corrected chi connectivity index (χ3v) is 4.35. The molecule has 0 radical (unpaired) electrons. The highest BCUT2D eigenvalue weighted by Gasteiger charge is 2.27. The molecule has 106 valence electrons. The van der Waals surface area contributed by atoms with Crippen molar-refractivity contribution in [1.82, 2.24) is 9.47 Å². The zero-order valence-electron chi connectivity index (χ0n) is 12.4. The Morgan fingerprint density at radius 3 is 2.75 bits per heavy atom. The lowest BCUT2D eigenvalue weighted by atomic mass is 10.1. The average Bonchev–Trinajstić information content (AvgIpc) is 3.27. The number of aliphatic imine (C=N–C) groups is 1. The lowest BCUT2D eigenvalue weighted by Gasteiger charge is -2.17. The van der Waals surface area contributed by atoms with Crippen LogP contribution < -0.4 is 5.73 Å². The zero-order valence-corrected chi connectivity index (χ0v) is 12.4. The number of nitrogens with two attached hydrogens (primary N) is 1. The number of aryl methyl sites for hydroxylation is 2. The number of hydrogen-bond donors (Lipinski definition) is 1.